The minimum absolute atomic E-state index is 0.273. The summed E-state index contributed by atoms with van der Waals surface area (Å²) in [4.78, 5) is 14.6. The average Bonchev–Trinajstić information content (AvgIpc) is 3.00. The maximum Gasteiger partial charge on any atom is 0.124 e. The zero-order chi connectivity index (χ0) is 20.8. The Morgan fingerprint density at radius 3 is 2.86 bits per heavy atom. The van der Waals surface area contributed by atoms with Crippen LogP contribution >= 0.6 is 11.3 Å². The van der Waals surface area contributed by atoms with Crippen LogP contribution < -0.4 is 15.9 Å². The third-order valence-corrected chi connectivity index (χ3v) is 6.90. The fraction of sp³-hybridized carbons (Fsp3) is 0.545. The number of anilines is 1. The molecule has 0 amide bonds. The fourth-order valence-corrected chi connectivity index (χ4v) is 5.01. The van der Waals surface area contributed by atoms with Gasteiger partial charge in [-0.25, -0.2) is 4.98 Å². The van der Waals surface area contributed by atoms with Crippen molar-refractivity contribution in [3.8, 4) is 0 Å². The molecule has 7 heteroatoms. The van der Waals surface area contributed by atoms with Crippen molar-refractivity contribution in [2.45, 2.75) is 51.7 Å². The van der Waals surface area contributed by atoms with Gasteiger partial charge in [0.2, 0.25) is 0 Å². The van der Waals surface area contributed by atoms with E-state index >= 15 is 0 Å². The van der Waals surface area contributed by atoms with Gasteiger partial charge < -0.3 is 15.3 Å². The second-order valence-corrected chi connectivity index (χ2v) is 10.1. The summed E-state index contributed by atoms with van der Waals surface area (Å²) in [7, 11) is 2.15. The molecule has 2 aromatic rings. The molecule has 4 heterocycles. The molecule has 2 aliphatic rings. The van der Waals surface area contributed by atoms with Crippen molar-refractivity contribution < 1.29 is 5.11 Å². The molecule has 0 saturated carbocycles. The lowest BCUT2D eigenvalue weighted by Crippen LogP contribution is -2.54. The monoisotopic (exact) mass is 413 g/mol. The molecule has 0 bridgehead atoms. The molecule has 4 rings (SSSR count). The van der Waals surface area contributed by atoms with E-state index < -0.39 is 5.60 Å². The predicted octanol–water partition coefficient (Wildman–Crippen LogP) is 1.76. The number of nitrogens with one attached hydrogen (secondary N) is 1. The summed E-state index contributed by atoms with van der Waals surface area (Å²) < 4.78 is 0. The number of thiazole rings is 1. The van der Waals surface area contributed by atoms with Crippen molar-refractivity contribution in [3.05, 3.63) is 39.6 Å². The Hall–Kier alpha value is -1.96. The summed E-state index contributed by atoms with van der Waals surface area (Å²) in [5, 5.41) is 18.2. The van der Waals surface area contributed by atoms with Crippen LogP contribution in [-0.2, 0) is 0 Å². The average molecular weight is 414 g/mol. The summed E-state index contributed by atoms with van der Waals surface area (Å²) >= 11 is 1.73. The first-order valence-electron chi connectivity index (χ1n) is 10.3. The number of hydrogen-bond donors (Lipinski definition) is 2. The van der Waals surface area contributed by atoms with Crippen molar-refractivity contribution in [1.82, 2.24) is 19.8 Å². The minimum atomic E-state index is -0.696. The first-order valence-corrected chi connectivity index (χ1v) is 11.2. The molecule has 0 aliphatic carbocycles. The molecule has 156 valence electrons. The molecule has 2 N–H and O–H groups in total. The number of rotatable bonds is 4. The van der Waals surface area contributed by atoms with Gasteiger partial charge in [-0.3, -0.25) is 9.88 Å². The molecule has 1 fully saturated rings. The number of hydrogen-bond acceptors (Lipinski definition) is 7. The maximum absolute atomic E-state index is 10.4. The highest BCUT2D eigenvalue weighted by molar-refractivity contribution is 7.16. The Kier molecular flexibility index (Phi) is 5.40. The number of nitrogens with zero attached hydrogens (tertiary/aromatic N) is 4. The number of aliphatic hydroxyl groups is 1. The van der Waals surface area contributed by atoms with Crippen molar-refractivity contribution in [3.63, 3.8) is 0 Å². The number of fused-ring (bicyclic) bond motifs is 2. The van der Waals surface area contributed by atoms with E-state index in [1.165, 1.54) is 0 Å². The molecular weight excluding hydrogens is 382 g/mol. The summed E-state index contributed by atoms with van der Waals surface area (Å²) in [5.41, 5.74) is 1.41. The van der Waals surface area contributed by atoms with Crippen LogP contribution in [0.15, 0.2) is 18.3 Å². The predicted molar refractivity (Wildman–Crippen MR) is 119 cm³/mol. The lowest BCUT2D eigenvalue weighted by molar-refractivity contribution is 0.0202. The van der Waals surface area contributed by atoms with Crippen LogP contribution in [-0.4, -0.2) is 63.2 Å². The van der Waals surface area contributed by atoms with E-state index in [1.54, 1.807) is 11.3 Å². The van der Waals surface area contributed by atoms with Crippen LogP contribution in [0.2, 0.25) is 0 Å². The standard InChI is InChI=1S/C22H31N5OS/c1-14(2)20-25-18-19(17-15(7-6-8-23-17)12-24-21(18)29-20)27-10-9-26(5)16(13-27)11-22(3,4)28/h6-8,12,14,16,24,28H,9-11,13H2,1-5H3. The molecule has 0 aromatic carbocycles. The van der Waals surface area contributed by atoms with Gasteiger partial charge in [-0.2, -0.15) is 0 Å². The highest BCUT2D eigenvalue weighted by atomic mass is 32.1. The summed E-state index contributed by atoms with van der Waals surface area (Å²) in [6.07, 6.45) is 4.63. The minimum Gasteiger partial charge on any atom is -0.390 e. The Morgan fingerprint density at radius 1 is 1.34 bits per heavy atom. The van der Waals surface area contributed by atoms with Crippen LogP contribution in [0.3, 0.4) is 0 Å². The lowest BCUT2D eigenvalue weighted by Gasteiger charge is -2.43. The largest absolute Gasteiger partial charge is 0.390 e. The maximum atomic E-state index is 10.4. The van der Waals surface area contributed by atoms with E-state index in [4.69, 9.17) is 9.97 Å². The third-order valence-electron chi connectivity index (χ3n) is 5.61. The van der Waals surface area contributed by atoms with Gasteiger partial charge in [0.15, 0.2) is 0 Å². The molecular formula is C22H31N5OS. The lowest BCUT2D eigenvalue weighted by atomic mass is 9.96. The van der Waals surface area contributed by atoms with E-state index in [1.807, 2.05) is 32.3 Å². The number of pyridine rings is 1. The van der Waals surface area contributed by atoms with Crippen molar-refractivity contribution in [1.29, 1.82) is 0 Å². The van der Waals surface area contributed by atoms with Gasteiger partial charge in [-0.05, 0) is 39.4 Å². The van der Waals surface area contributed by atoms with Crippen molar-refractivity contribution in [2.24, 2.45) is 0 Å². The van der Waals surface area contributed by atoms with E-state index in [9.17, 15) is 5.11 Å². The molecule has 29 heavy (non-hydrogen) atoms. The van der Waals surface area contributed by atoms with E-state index in [-0.39, 0.29) is 6.04 Å². The molecule has 1 saturated heterocycles. The number of likely N-dealkylation sites (N-methyl/N-ethyl adjacent to an activating group) is 1. The van der Waals surface area contributed by atoms with Gasteiger partial charge in [0.1, 0.15) is 10.7 Å². The quantitative estimate of drug-likeness (QED) is 0.796. The zero-order valence-corrected chi connectivity index (χ0v) is 18.8. The van der Waals surface area contributed by atoms with Crippen molar-refractivity contribution in [2.75, 3.05) is 32.0 Å². The Balaban J connectivity index is 1.83. The van der Waals surface area contributed by atoms with Crippen LogP contribution in [0.4, 0.5) is 5.00 Å². The second kappa shape index (κ2) is 7.70. The molecule has 2 aromatic heterocycles. The topological polar surface area (TPSA) is 64.5 Å². The molecule has 0 radical (unpaired) electrons. The smallest absolute Gasteiger partial charge is 0.124 e. The highest BCUT2D eigenvalue weighted by Gasteiger charge is 2.32. The Bertz CT molecular complexity index is 1010. The summed E-state index contributed by atoms with van der Waals surface area (Å²) in [6.45, 7) is 10.9. The first-order chi connectivity index (χ1) is 13.7. The van der Waals surface area contributed by atoms with Crippen LogP contribution in [0.5, 0.6) is 0 Å². The van der Waals surface area contributed by atoms with Gasteiger partial charge in [0.05, 0.1) is 21.7 Å². The van der Waals surface area contributed by atoms with Gasteiger partial charge >= 0.3 is 0 Å². The van der Waals surface area contributed by atoms with E-state index in [2.05, 4.69) is 42.1 Å². The summed E-state index contributed by atoms with van der Waals surface area (Å²) in [6, 6.07) is 4.34. The van der Waals surface area contributed by atoms with Crippen LogP contribution in [0.25, 0.3) is 11.9 Å². The highest BCUT2D eigenvalue weighted by Crippen LogP contribution is 2.35. The molecule has 0 spiro atoms. The molecule has 1 unspecified atom stereocenters. The van der Waals surface area contributed by atoms with Crippen LogP contribution in [0.1, 0.15) is 50.7 Å². The molecule has 1 atom stereocenters. The number of piperazine rings is 1. The third kappa shape index (κ3) is 4.17. The summed E-state index contributed by atoms with van der Waals surface area (Å²) in [5.74, 6) is 0.383. The van der Waals surface area contributed by atoms with Gasteiger partial charge in [-0.15, -0.1) is 11.3 Å². The molecule has 6 nitrogen and oxygen atoms in total. The van der Waals surface area contributed by atoms with Gasteiger partial charge in [0, 0.05) is 49.2 Å². The second-order valence-electron chi connectivity index (χ2n) is 9.06. The van der Waals surface area contributed by atoms with Gasteiger partial charge in [0.25, 0.3) is 0 Å². The SMILES string of the molecule is CC(C)c1nc2c(s1)NC=c1cccnc1=C2N1CCN(C)C(CC(C)(C)O)C1. The zero-order valence-electron chi connectivity index (χ0n) is 17.9. The van der Waals surface area contributed by atoms with Gasteiger partial charge in [-0.1, -0.05) is 13.8 Å². The van der Waals surface area contributed by atoms with Crippen LogP contribution in [0, 0.1) is 0 Å². The fourth-order valence-electron chi connectivity index (χ4n) is 4.08. The van der Waals surface area contributed by atoms with Crippen molar-refractivity contribution >= 4 is 28.2 Å². The van der Waals surface area contributed by atoms with E-state index in [0.717, 1.165) is 58.0 Å². The molecule has 2 aliphatic heterocycles. The Morgan fingerprint density at radius 2 is 2.14 bits per heavy atom. The Labute approximate surface area is 176 Å². The number of aromatic nitrogens is 2. The normalized spacial score (nSPS) is 20.0. The van der Waals surface area contributed by atoms with E-state index in [0.29, 0.717) is 5.92 Å². The first kappa shape index (κ1) is 20.3.